The molecular formula is C29H38ClN3. The SMILES string of the molecule is CCCCn1c(-c2c(CC)cccc2CC)nc(Cl)c1CN(C)C1CCCc2ccccc21. The molecule has 0 saturated carbocycles. The molecule has 0 radical (unpaired) electrons. The summed E-state index contributed by atoms with van der Waals surface area (Å²) in [5, 5.41) is 0.657. The van der Waals surface area contributed by atoms with Crippen molar-refractivity contribution >= 4 is 11.6 Å². The lowest BCUT2D eigenvalue weighted by molar-refractivity contribution is 0.208. The molecule has 33 heavy (non-hydrogen) atoms. The summed E-state index contributed by atoms with van der Waals surface area (Å²) in [6.45, 7) is 8.48. The van der Waals surface area contributed by atoms with Crippen molar-refractivity contribution in [3.8, 4) is 11.4 Å². The molecule has 0 spiro atoms. The minimum Gasteiger partial charge on any atom is -0.325 e. The van der Waals surface area contributed by atoms with Crippen molar-refractivity contribution in [2.24, 2.45) is 0 Å². The molecule has 4 rings (SSSR count). The van der Waals surface area contributed by atoms with Gasteiger partial charge in [0.25, 0.3) is 0 Å². The number of hydrogen-bond donors (Lipinski definition) is 0. The first-order chi connectivity index (χ1) is 16.1. The number of rotatable bonds is 9. The summed E-state index contributed by atoms with van der Waals surface area (Å²) in [6.07, 6.45) is 7.89. The maximum Gasteiger partial charge on any atom is 0.152 e. The highest BCUT2D eigenvalue weighted by Gasteiger charge is 2.27. The van der Waals surface area contributed by atoms with Gasteiger partial charge in [-0.2, -0.15) is 0 Å². The molecule has 3 aromatic rings. The van der Waals surface area contributed by atoms with Gasteiger partial charge in [-0.1, -0.05) is 81.3 Å². The van der Waals surface area contributed by atoms with E-state index in [4.69, 9.17) is 16.6 Å². The summed E-state index contributed by atoms with van der Waals surface area (Å²) in [5.74, 6) is 1.05. The fourth-order valence-corrected chi connectivity index (χ4v) is 5.66. The Labute approximate surface area is 204 Å². The van der Waals surface area contributed by atoms with Crippen LogP contribution in [0.1, 0.15) is 80.4 Å². The van der Waals surface area contributed by atoms with Crippen LogP contribution in [0.2, 0.25) is 5.15 Å². The second-order valence-corrected chi connectivity index (χ2v) is 9.72. The molecule has 0 fully saturated rings. The molecule has 0 amide bonds. The van der Waals surface area contributed by atoms with Crippen molar-refractivity contribution in [1.82, 2.24) is 14.5 Å². The Kier molecular flexibility index (Phi) is 7.93. The second-order valence-electron chi connectivity index (χ2n) is 9.36. The van der Waals surface area contributed by atoms with Gasteiger partial charge in [0.1, 0.15) is 5.82 Å². The van der Waals surface area contributed by atoms with Gasteiger partial charge >= 0.3 is 0 Å². The van der Waals surface area contributed by atoms with Crippen LogP contribution in [0.4, 0.5) is 0 Å². The summed E-state index contributed by atoms with van der Waals surface area (Å²) >= 11 is 6.89. The number of imidazole rings is 1. The molecule has 1 aromatic heterocycles. The molecule has 1 unspecified atom stereocenters. The van der Waals surface area contributed by atoms with Crippen LogP contribution in [0.25, 0.3) is 11.4 Å². The van der Waals surface area contributed by atoms with Gasteiger partial charge in [-0.05, 0) is 67.8 Å². The van der Waals surface area contributed by atoms with E-state index in [0.29, 0.717) is 11.2 Å². The minimum atomic E-state index is 0.429. The summed E-state index contributed by atoms with van der Waals surface area (Å²) in [4.78, 5) is 7.48. The maximum atomic E-state index is 6.89. The van der Waals surface area contributed by atoms with Crippen LogP contribution in [-0.2, 0) is 32.4 Å². The maximum absolute atomic E-state index is 6.89. The zero-order valence-corrected chi connectivity index (χ0v) is 21.5. The standard InChI is InChI=1S/C29H38ClN3/c1-5-8-19-33-26(20-32(4)25-18-12-16-23-13-9-10-17-24(23)25)28(30)31-29(33)27-21(6-2)14-11-15-22(27)7-3/h9-11,13-15,17,25H,5-8,12,16,18-20H2,1-4H3. The Bertz CT molecular complexity index is 1060. The Morgan fingerprint density at radius 3 is 2.45 bits per heavy atom. The number of nitrogens with zero attached hydrogens (tertiary/aromatic N) is 3. The minimum absolute atomic E-state index is 0.429. The molecule has 0 N–H and O–H groups in total. The average molecular weight is 464 g/mol. The average Bonchev–Trinajstić information content (AvgIpc) is 3.15. The molecule has 1 heterocycles. The third-order valence-electron chi connectivity index (χ3n) is 7.25. The van der Waals surface area contributed by atoms with Gasteiger partial charge in [-0.15, -0.1) is 0 Å². The van der Waals surface area contributed by atoms with Gasteiger partial charge in [0.2, 0.25) is 0 Å². The lowest BCUT2D eigenvalue weighted by atomic mass is 9.87. The molecule has 1 aliphatic rings. The lowest BCUT2D eigenvalue weighted by Crippen LogP contribution is -2.28. The van der Waals surface area contributed by atoms with E-state index < -0.39 is 0 Å². The van der Waals surface area contributed by atoms with Crippen molar-refractivity contribution in [1.29, 1.82) is 0 Å². The molecule has 176 valence electrons. The zero-order valence-electron chi connectivity index (χ0n) is 20.7. The van der Waals surface area contributed by atoms with E-state index in [2.05, 4.69) is 79.8 Å². The summed E-state index contributed by atoms with van der Waals surface area (Å²) < 4.78 is 2.42. The normalized spacial score (nSPS) is 15.8. The van der Waals surface area contributed by atoms with E-state index in [1.807, 2.05) is 0 Å². The monoisotopic (exact) mass is 463 g/mol. The van der Waals surface area contributed by atoms with Gasteiger partial charge in [-0.3, -0.25) is 4.90 Å². The number of fused-ring (bicyclic) bond motifs is 1. The predicted octanol–water partition coefficient (Wildman–Crippen LogP) is 7.64. The number of benzene rings is 2. The van der Waals surface area contributed by atoms with Crippen LogP contribution in [0.15, 0.2) is 42.5 Å². The highest BCUT2D eigenvalue weighted by molar-refractivity contribution is 6.30. The van der Waals surface area contributed by atoms with E-state index in [-0.39, 0.29) is 0 Å². The first-order valence-electron chi connectivity index (χ1n) is 12.7. The largest absolute Gasteiger partial charge is 0.325 e. The summed E-state index contributed by atoms with van der Waals surface area (Å²) in [6, 6.07) is 16.0. The van der Waals surface area contributed by atoms with Gasteiger partial charge in [0.05, 0.1) is 5.69 Å². The molecular weight excluding hydrogens is 426 g/mol. The van der Waals surface area contributed by atoms with Crippen LogP contribution in [0, 0.1) is 0 Å². The fourth-order valence-electron chi connectivity index (χ4n) is 5.42. The van der Waals surface area contributed by atoms with Crippen LogP contribution < -0.4 is 0 Å². The van der Waals surface area contributed by atoms with Crippen LogP contribution in [-0.4, -0.2) is 21.5 Å². The first kappa shape index (κ1) is 24.0. The third kappa shape index (κ3) is 4.90. The smallest absolute Gasteiger partial charge is 0.152 e. The van der Waals surface area contributed by atoms with Crippen LogP contribution in [0.5, 0.6) is 0 Å². The summed E-state index contributed by atoms with van der Waals surface area (Å²) in [7, 11) is 2.25. The first-order valence-corrected chi connectivity index (χ1v) is 13.1. The van der Waals surface area contributed by atoms with E-state index in [1.165, 1.54) is 47.1 Å². The van der Waals surface area contributed by atoms with Crippen molar-refractivity contribution in [3.63, 3.8) is 0 Å². The fraction of sp³-hybridized carbons (Fsp3) is 0.483. The topological polar surface area (TPSA) is 21.1 Å². The predicted molar refractivity (Wildman–Crippen MR) is 140 cm³/mol. The Balaban J connectivity index is 1.74. The van der Waals surface area contributed by atoms with Crippen LogP contribution >= 0.6 is 11.6 Å². The zero-order chi connectivity index (χ0) is 23.4. The lowest BCUT2D eigenvalue weighted by Gasteiger charge is -2.33. The Morgan fingerprint density at radius 1 is 1.03 bits per heavy atom. The molecule has 0 saturated heterocycles. The molecule has 2 aromatic carbocycles. The number of halogens is 1. The number of unbranched alkanes of at least 4 members (excludes halogenated alkanes) is 1. The Hall–Kier alpha value is -2.10. The van der Waals surface area contributed by atoms with Gasteiger partial charge in [-0.25, -0.2) is 4.98 Å². The Morgan fingerprint density at radius 2 is 1.76 bits per heavy atom. The molecule has 0 bridgehead atoms. The number of aromatic nitrogens is 2. The van der Waals surface area contributed by atoms with Crippen molar-refractivity contribution in [2.75, 3.05) is 7.05 Å². The second kappa shape index (κ2) is 10.9. The summed E-state index contributed by atoms with van der Waals surface area (Å²) in [5.41, 5.74) is 8.13. The quantitative estimate of drug-likeness (QED) is 0.325. The third-order valence-corrected chi connectivity index (χ3v) is 7.55. The van der Waals surface area contributed by atoms with Gasteiger partial charge < -0.3 is 4.57 Å². The van der Waals surface area contributed by atoms with E-state index >= 15 is 0 Å². The van der Waals surface area contributed by atoms with Crippen molar-refractivity contribution in [3.05, 3.63) is 75.6 Å². The highest BCUT2D eigenvalue weighted by Crippen LogP contribution is 2.37. The van der Waals surface area contributed by atoms with Gasteiger partial charge in [0, 0.05) is 24.7 Å². The number of hydrogen-bond acceptors (Lipinski definition) is 2. The van der Waals surface area contributed by atoms with Crippen LogP contribution in [0.3, 0.4) is 0 Å². The van der Waals surface area contributed by atoms with E-state index in [1.54, 1.807) is 0 Å². The molecule has 0 aliphatic heterocycles. The highest BCUT2D eigenvalue weighted by atomic mass is 35.5. The van der Waals surface area contributed by atoms with Crippen molar-refractivity contribution in [2.45, 2.75) is 84.8 Å². The molecule has 3 nitrogen and oxygen atoms in total. The number of aryl methyl sites for hydroxylation is 3. The molecule has 4 heteroatoms. The van der Waals surface area contributed by atoms with Gasteiger partial charge in [0.15, 0.2) is 5.15 Å². The van der Waals surface area contributed by atoms with Crippen molar-refractivity contribution < 1.29 is 0 Å². The molecule has 1 atom stereocenters. The van der Waals surface area contributed by atoms with E-state index in [9.17, 15) is 0 Å². The van der Waals surface area contributed by atoms with E-state index in [0.717, 1.165) is 50.3 Å². The molecule has 1 aliphatic carbocycles.